The van der Waals surface area contributed by atoms with Crippen molar-refractivity contribution in [3.63, 3.8) is 0 Å². The van der Waals surface area contributed by atoms with Crippen LogP contribution in [0.3, 0.4) is 0 Å². The summed E-state index contributed by atoms with van der Waals surface area (Å²) in [5.74, 6) is 0. The number of para-hydroxylation sites is 1. The number of hydrogen-bond acceptors (Lipinski definition) is 3. The maximum absolute atomic E-state index is 5.99. The van der Waals surface area contributed by atoms with Crippen LogP contribution in [0.15, 0.2) is 35.7 Å². The normalized spacial score (nSPS) is 15.3. The number of hydrogen-bond donors (Lipinski definition) is 1. The summed E-state index contributed by atoms with van der Waals surface area (Å²) in [6.07, 6.45) is 0. The van der Waals surface area contributed by atoms with Crippen molar-refractivity contribution in [1.29, 1.82) is 0 Å². The summed E-state index contributed by atoms with van der Waals surface area (Å²) in [5, 5.41) is 6.30. The molecule has 0 unspecified atom stereocenters. The van der Waals surface area contributed by atoms with E-state index in [1.807, 2.05) is 5.38 Å². The van der Waals surface area contributed by atoms with Crippen LogP contribution in [-0.2, 0) is 13.1 Å². The van der Waals surface area contributed by atoms with Crippen LogP contribution < -0.4 is 10.2 Å². The molecule has 0 atom stereocenters. The van der Waals surface area contributed by atoms with Crippen LogP contribution >= 0.6 is 22.9 Å². The fraction of sp³-hybridized carbons (Fsp3) is 0.286. The standard InChI is InChI=1S/C14H15ClN2S/c15-12-7-13(18-10-12)9-17-6-5-16-8-11-3-1-2-4-14(11)17/h1-4,7,10,16H,5-6,8-9H2. The molecule has 0 saturated carbocycles. The lowest BCUT2D eigenvalue weighted by Gasteiger charge is -2.23. The highest BCUT2D eigenvalue weighted by Gasteiger charge is 2.15. The topological polar surface area (TPSA) is 15.3 Å². The van der Waals surface area contributed by atoms with Gasteiger partial charge in [0, 0.05) is 35.6 Å². The molecule has 0 bridgehead atoms. The molecule has 1 aliphatic heterocycles. The fourth-order valence-corrected chi connectivity index (χ4v) is 3.40. The number of nitrogens with one attached hydrogen (secondary N) is 1. The van der Waals surface area contributed by atoms with Crippen molar-refractivity contribution in [3.8, 4) is 0 Å². The minimum absolute atomic E-state index is 0.844. The molecule has 4 heteroatoms. The van der Waals surface area contributed by atoms with Gasteiger partial charge >= 0.3 is 0 Å². The molecule has 94 valence electrons. The largest absolute Gasteiger partial charge is 0.365 e. The molecule has 2 nitrogen and oxygen atoms in total. The second-order valence-electron chi connectivity index (χ2n) is 4.46. The molecule has 0 fully saturated rings. The molecule has 0 radical (unpaired) electrons. The van der Waals surface area contributed by atoms with Gasteiger partial charge in [-0.05, 0) is 17.7 Å². The smallest absolute Gasteiger partial charge is 0.0524 e. The molecule has 1 aromatic heterocycles. The maximum Gasteiger partial charge on any atom is 0.0524 e. The van der Waals surface area contributed by atoms with E-state index in [-0.39, 0.29) is 0 Å². The Kier molecular flexibility index (Phi) is 3.55. The molecular weight excluding hydrogens is 264 g/mol. The van der Waals surface area contributed by atoms with Crippen molar-refractivity contribution >= 4 is 28.6 Å². The first-order valence-corrected chi connectivity index (χ1v) is 7.35. The molecule has 1 aromatic carbocycles. The summed E-state index contributed by atoms with van der Waals surface area (Å²) in [7, 11) is 0. The van der Waals surface area contributed by atoms with Crippen molar-refractivity contribution in [3.05, 3.63) is 51.2 Å². The van der Waals surface area contributed by atoms with Gasteiger partial charge in [0.25, 0.3) is 0 Å². The Hall–Kier alpha value is -1.03. The SMILES string of the molecule is Clc1csc(CN2CCNCc3ccccc32)c1. The Morgan fingerprint density at radius 2 is 2.22 bits per heavy atom. The third-order valence-electron chi connectivity index (χ3n) is 3.17. The number of anilines is 1. The van der Waals surface area contributed by atoms with Crippen LogP contribution in [-0.4, -0.2) is 13.1 Å². The number of fused-ring (bicyclic) bond motifs is 1. The van der Waals surface area contributed by atoms with Gasteiger partial charge in [-0.15, -0.1) is 11.3 Å². The monoisotopic (exact) mass is 278 g/mol. The minimum atomic E-state index is 0.844. The fourth-order valence-electron chi connectivity index (χ4n) is 2.32. The van der Waals surface area contributed by atoms with Gasteiger partial charge in [-0.25, -0.2) is 0 Å². The van der Waals surface area contributed by atoms with E-state index in [2.05, 4.69) is 40.5 Å². The molecule has 0 amide bonds. The van der Waals surface area contributed by atoms with Crippen molar-refractivity contribution in [1.82, 2.24) is 5.32 Å². The molecule has 2 aromatic rings. The highest BCUT2D eigenvalue weighted by molar-refractivity contribution is 7.10. The Bertz CT molecular complexity index is 538. The van der Waals surface area contributed by atoms with Crippen molar-refractivity contribution in [2.24, 2.45) is 0 Å². The number of thiophene rings is 1. The summed E-state index contributed by atoms with van der Waals surface area (Å²) in [6.45, 7) is 3.95. The highest BCUT2D eigenvalue weighted by atomic mass is 35.5. The Morgan fingerprint density at radius 1 is 1.33 bits per heavy atom. The molecule has 0 saturated heterocycles. The lowest BCUT2D eigenvalue weighted by Crippen LogP contribution is -2.27. The first-order valence-electron chi connectivity index (χ1n) is 6.09. The minimum Gasteiger partial charge on any atom is -0.365 e. The first kappa shape index (κ1) is 12.0. The molecule has 0 aliphatic carbocycles. The molecule has 2 heterocycles. The highest BCUT2D eigenvalue weighted by Crippen LogP contribution is 2.26. The lowest BCUT2D eigenvalue weighted by molar-refractivity contribution is 0.690. The van der Waals surface area contributed by atoms with Gasteiger partial charge in [0.15, 0.2) is 0 Å². The van der Waals surface area contributed by atoms with Crippen LogP contribution in [0, 0.1) is 0 Å². The number of benzene rings is 1. The van der Waals surface area contributed by atoms with Crippen molar-refractivity contribution < 1.29 is 0 Å². The van der Waals surface area contributed by atoms with E-state index >= 15 is 0 Å². The Morgan fingerprint density at radius 3 is 3.06 bits per heavy atom. The lowest BCUT2D eigenvalue weighted by atomic mass is 10.1. The number of rotatable bonds is 2. The van der Waals surface area contributed by atoms with E-state index in [9.17, 15) is 0 Å². The summed E-state index contributed by atoms with van der Waals surface area (Å²) < 4.78 is 0. The molecule has 3 rings (SSSR count). The van der Waals surface area contributed by atoms with E-state index in [1.54, 1.807) is 11.3 Å². The quantitative estimate of drug-likeness (QED) is 0.904. The van der Waals surface area contributed by atoms with Gasteiger partial charge < -0.3 is 10.2 Å². The van der Waals surface area contributed by atoms with Crippen LogP contribution in [0.5, 0.6) is 0 Å². The maximum atomic E-state index is 5.99. The zero-order valence-corrected chi connectivity index (χ0v) is 11.6. The van der Waals surface area contributed by atoms with E-state index < -0.39 is 0 Å². The summed E-state index contributed by atoms with van der Waals surface area (Å²) in [6, 6.07) is 10.7. The third kappa shape index (κ3) is 2.53. The van der Waals surface area contributed by atoms with Crippen molar-refractivity contribution in [2.45, 2.75) is 13.1 Å². The second kappa shape index (κ2) is 5.31. The molecule has 1 N–H and O–H groups in total. The van der Waals surface area contributed by atoms with Crippen LogP contribution in [0.1, 0.15) is 10.4 Å². The van der Waals surface area contributed by atoms with Gasteiger partial charge in [0.1, 0.15) is 0 Å². The summed E-state index contributed by atoms with van der Waals surface area (Å²) in [5.41, 5.74) is 2.71. The van der Waals surface area contributed by atoms with E-state index in [1.165, 1.54) is 16.1 Å². The van der Waals surface area contributed by atoms with Crippen molar-refractivity contribution in [2.75, 3.05) is 18.0 Å². The van der Waals surface area contributed by atoms with Gasteiger partial charge in [0.2, 0.25) is 0 Å². The van der Waals surface area contributed by atoms with Gasteiger partial charge in [-0.1, -0.05) is 29.8 Å². The first-order chi connectivity index (χ1) is 8.83. The average Bonchev–Trinajstić information content (AvgIpc) is 2.68. The van der Waals surface area contributed by atoms with Crippen LogP contribution in [0.2, 0.25) is 5.02 Å². The predicted molar refractivity (Wildman–Crippen MR) is 78.5 cm³/mol. The van der Waals surface area contributed by atoms with E-state index in [4.69, 9.17) is 11.6 Å². The summed E-state index contributed by atoms with van der Waals surface area (Å²) >= 11 is 7.72. The Labute approximate surface area is 116 Å². The molecule has 1 aliphatic rings. The summed E-state index contributed by atoms with van der Waals surface area (Å²) in [4.78, 5) is 3.74. The molecular formula is C14H15ClN2S. The van der Waals surface area contributed by atoms with Gasteiger partial charge in [-0.2, -0.15) is 0 Å². The van der Waals surface area contributed by atoms with Crippen LogP contribution in [0.4, 0.5) is 5.69 Å². The van der Waals surface area contributed by atoms with E-state index in [0.717, 1.165) is 31.2 Å². The second-order valence-corrected chi connectivity index (χ2v) is 5.89. The Balaban J connectivity index is 1.87. The molecule has 0 spiro atoms. The van der Waals surface area contributed by atoms with Crippen LogP contribution in [0.25, 0.3) is 0 Å². The third-order valence-corrected chi connectivity index (χ3v) is 4.44. The predicted octanol–water partition coefficient (Wildman–Crippen LogP) is 3.51. The molecule has 18 heavy (non-hydrogen) atoms. The van der Waals surface area contributed by atoms with E-state index in [0.29, 0.717) is 0 Å². The number of nitrogens with zero attached hydrogens (tertiary/aromatic N) is 1. The zero-order chi connectivity index (χ0) is 12.4. The van der Waals surface area contributed by atoms with Gasteiger partial charge in [-0.3, -0.25) is 0 Å². The zero-order valence-electron chi connectivity index (χ0n) is 10.0. The average molecular weight is 279 g/mol. The number of halogens is 1. The van der Waals surface area contributed by atoms with Gasteiger partial charge in [0.05, 0.1) is 11.6 Å².